The second kappa shape index (κ2) is 9.20. The summed E-state index contributed by atoms with van der Waals surface area (Å²) in [5.74, 6) is 0.00937. The molecule has 2 aromatic heterocycles. The standard InChI is InChI=1S/C23H21ClN6OS/c24-18-5-3-4-17(14-18)22-9-8-19(32-22)15-28-10-12-29(13-11-28)23(31)20-6-1-2-7-21(20)30-16-25-26-27-30/h1-9,14,16H,10-13,15H2. The fraction of sp³-hybridized carbons (Fsp3) is 0.217. The minimum Gasteiger partial charge on any atom is -0.336 e. The number of carbonyl (C=O) groups is 1. The Morgan fingerprint density at radius 2 is 1.84 bits per heavy atom. The van der Waals surface area contributed by atoms with Gasteiger partial charge in [-0.25, -0.2) is 0 Å². The van der Waals surface area contributed by atoms with E-state index in [1.54, 1.807) is 11.3 Å². The Morgan fingerprint density at radius 3 is 2.62 bits per heavy atom. The van der Waals surface area contributed by atoms with Crippen molar-refractivity contribution in [1.29, 1.82) is 0 Å². The molecule has 5 rings (SSSR count). The molecule has 1 amide bonds. The second-order valence-electron chi connectivity index (χ2n) is 7.62. The number of amides is 1. The molecule has 1 fully saturated rings. The van der Waals surface area contributed by atoms with E-state index in [2.05, 4.69) is 38.6 Å². The number of nitrogens with zero attached hydrogens (tertiary/aromatic N) is 6. The van der Waals surface area contributed by atoms with Crippen LogP contribution in [0.2, 0.25) is 5.02 Å². The molecule has 0 unspecified atom stereocenters. The van der Waals surface area contributed by atoms with Crippen molar-refractivity contribution in [2.45, 2.75) is 6.54 Å². The molecule has 9 heteroatoms. The molecular weight excluding hydrogens is 444 g/mol. The number of para-hydroxylation sites is 1. The highest BCUT2D eigenvalue weighted by atomic mass is 35.5. The van der Waals surface area contributed by atoms with Crippen LogP contribution >= 0.6 is 22.9 Å². The third-order valence-corrected chi connectivity index (χ3v) is 6.89. The maximum absolute atomic E-state index is 13.2. The van der Waals surface area contributed by atoms with E-state index in [1.807, 2.05) is 47.4 Å². The summed E-state index contributed by atoms with van der Waals surface area (Å²) in [6.45, 7) is 3.94. The van der Waals surface area contributed by atoms with Crippen LogP contribution in [0.5, 0.6) is 0 Å². The third kappa shape index (κ3) is 4.43. The first-order chi connectivity index (χ1) is 15.7. The van der Waals surface area contributed by atoms with Crippen molar-refractivity contribution in [2.24, 2.45) is 0 Å². The highest BCUT2D eigenvalue weighted by Gasteiger charge is 2.24. The van der Waals surface area contributed by atoms with Crippen molar-refractivity contribution in [3.8, 4) is 16.1 Å². The summed E-state index contributed by atoms with van der Waals surface area (Å²) in [5, 5.41) is 12.0. The number of tetrazole rings is 1. The van der Waals surface area contributed by atoms with Crippen LogP contribution in [-0.2, 0) is 6.54 Å². The summed E-state index contributed by atoms with van der Waals surface area (Å²) in [7, 11) is 0. The monoisotopic (exact) mass is 464 g/mol. The van der Waals surface area contributed by atoms with Crippen LogP contribution in [0.25, 0.3) is 16.1 Å². The number of carbonyl (C=O) groups excluding carboxylic acids is 1. The zero-order valence-electron chi connectivity index (χ0n) is 17.3. The largest absolute Gasteiger partial charge is 0.336 e. The number of aromatic nitrogens is 4. The molecule has 2 aromatic carbocycles. The maximum atomic E-state index is 13.2. The highest BCUT2D eigenvalue weighted by molar-refractivity contribution is 7.15. The number of hydrogen-bond acceptors (Lipinski definition) is 6. The molecule has 1 aliphatic heterocycles. The van der Waals surface area contributed by atoms with Crippen molar-refractivity contribution >= 4 is 28.8 Å². The number of piperazine rings is 1. The van der Waals surface area contributed by atoms with Gasteiger partial charge in [-0.1, -0.05) is 35.9 Å². The van der Waals surface area contributed by atoms with Gasteiger partial charge in [0, 0.05) is 47.5 Å². The van der Waals surface area contributed by atoms with Gasteiger partial charge in [0.1, 0.15) is 6.33 Å². The van der Waals surface area contributed by atoms with E-state index in [4.69, 9.17) is 11.6 Å². The molecule has 0 aliphatic carbocycles. The molecule has 3 heterocycles. The average molecular weight is 465 g/mol. The summed E-state index contributed by atoms with van der Waals surface area (Å²) in [5.41, 5.74) is 2.44. The van der Waals surface area contributed by atoms with Gasteiger partial charge >= 0.3 is 0 Å². The fourth-order valence-electron chi connectivity index (χ4n) is 3.89. The molecule has 0 N–H and O–H groups in total. The third-order valence-electron chi connectivity index (χ3n) is 5.54. The predicted molar refractivity (Wildman–Crippen MR) is 125 cm³/mol. The maximum Gasteiger partial charge on any atom is 0.256 e. The fourth-order valence-corrected chi connectivity index (χ4v) is 5.12. The van der Waals surface area contributed by atoms with Gasteiger partial charge in [-0.05, 0) is 52.4 Å². The summed E-state index contributed by atoms with van der Waals surface area (Å²) >= 11 is 7.92. The lowest BCUT2D eigenvalue weighted by atomic mass is 10.1. The van der Waals surface area contributed by atoms with Gasteiger partial charge in [-0.15, -0.1) is 16.4 Å². The highest BCUT2D eigenvalue weighted by Crippen LogP contribution is 2.30. The van der Waals surface area contributed by atoms with Crippen molar-refractivity contribution < 1.29 is 4.79 Å². The summed E-state index contributed by atoms with van der Waals surface area (Å²) in [6.07, 6.45) is 1.50. The van der Waals surface area contributed by atoms with Crippen LogP contribution in [0, 0.1) is 0 Å². The van der Waals surface area contributed by atoms with Crippen LogP contribution in [0.4, 0.5) is 0 Å². The Kier molecular flexibility index (Phi) is 5.98. The zero-order valence-corrected chi connectivity index (χ0v) is 18.8. The summed E-state index contributed by atoms with van der Waals surface area (Å²) in [4.78, 5) is 20.0. The summed E-state index contributed by atoms with van der Waals surface area (Å²) in [6, 6.07) is 19.7. The van der Waals surface area contributed by atoms with E-state index in [-0.39, 0.29) is 5.91 Å². The molecule has 4 aromatic rings. The Bertz CT molecular complexity index is 1220. The van der Waals surface area contributed by atoms with Gasteiger partial charge in [0.25, 0.3) is 5.91 Å². The van der Waals surface area contributed by atoms with Gasteiger partial charge in [-0.2, -0.15) is 4.68 Å². The number of halogens is 1. The molecule has 0 radical (unpaired) electrons. The number of thiophene rings is 1. The van der Waals surface area contributed by atoms with E-state index in [9.17, 15) is 4.79 Å². The zero-order chi connectivity index (χ0) is 21.9. The van der Waals surface area contributed by atoms with Crippen molar-refractivity contribution in [3.63, 3.8) is 0 Å². The van der Waals surface area contributed by atoms with Crippen molar-refractivity contribution in [3.05, 3.63) is 82.5 Å². The number of rotatable bonds is 5. The quantitative estimate of drug-likeness (QED) is 0.446. The first kappa shape index (κ1) is 20.8. The SMILES string of the molecule is O=C(c1ccccc1-n1cnnn1)N1CCN(Cc2ccc(-c3cccc(Cl)c3)s2)CC1. The molecule has 162 valence electrons. The summed E-state index contributed by atoms with van der Waals surface area (Å²) < 4.78 is 1.53. The molecule has 0 spiro atoms. The minimum atomic E-state index is 0.00937. The number of benzene rings is 2. The van der Waals surface area contributed by atoms with Crippen LogP contribution < -0.4 is 0 Å². The van der Waals surface area contributed by atoms with Crippen LogP contribution in [0.1, 0.15) is 15.2 Å². The Labute approximate surface area is 194 Å². The normalized spacial score (nSPS) is 14.6. The smallest absolute Gasteiger partial charge is 0.256 e. The van der Waals surface area contributed by atoms with Crippen molar-refractivity contribution in [2.75, 3.05) is 26.2 Å². The average Bonchev–Trinajstić information content (AvgIpc) is 3.52. The first-order valence-electron chi connectivity index (χ1n) is 10.4. The lowest BCUT2D eigenvalue weighted by molar-refractivity contribution is 0.0629. The minimum absolute atomic E-state index is 0.00937. The van der Waals surface area contributed by atoms with E-state index in [1.165, 1.54) is 20.8 Å². The molecule has 1 aliphatic rings. The van der Waals surface area contributed by atoms with Gasteiger partial charge in [-0.3, -0.25) is 9.69 Å². The number of hydrogen-bond donors (Lipinski definition) is 0. The van der Waals surface area contributed by atoms with E-state index in [0.717, 1.165) is 30.2 Å². The lowest BCUT2D eigenvalue weighted by Crippen LogP contribution is -2.48. The van der Waals surface area contributed by atoms with Crippen LogP contribution in [0.15, 0.2) is 67.0 Å². The van der Waals surface area contributed by atoms with Gasteiger partial charge in [0.2, 0.25) is 0 Å². The van der Waals surface area contributed by atoms with Gasteiger partial charge < -0.3 is 4.90 Å². The molecule has 0 saturated carbocycles. The Morgan fingerprint density at radius 1 is 1.00 bits per heavy atom. The molecular formula is C23H21ClN6OS. The van der Waals surface area contributed by atoms with E-state index >= 15 is 0 Å². The Balaban J connectivity index is 1.22. The second-order valence-corrected chi connectivity index (χ2v) is 9.22. The van der Waals surface area contributed by atoms with Gasteiger partial charge in [0.05, 0.1) is 11.3 Å². The molecule has 1 saturated heterocycles. The predicted octanol–water partition coefficient (Wildman–Crippen LogP) is 4.00. The lowest BCUT2D eigenvalue weighted by Gasteiger charge is -2.34. The van der Waals surface area contributed by atoms with E-state index < -0.39 is 0 Å². The molecule has 7 nitrogen and oxygen atoms in total. The van der Waals surface area contributed by atoms with Gasteiger partial charge in [0.15, 0.2) is 0 Å². The topological polar surface area (TPSA) is 67.2 Å². The molecule has 32 heavy (non-hydrogen) atoms. The van der Waals surface area contributed by atoms with Crippen LogP contribution in [0.3, 0.4) is 0 Å². The molecule has 0 atom stereocenters. The van der Waals surface area contributed by atoms with E-state index in [0.29, 0.717) is 24.3 Å². The van der Waals surface area contributed by atoms with Crippen molar-refractivity contribution in [1.82, 2.24) is 30.0 Å². The molecule has 0 bridgehead atoms. The Hall–Kier alpha value is -3.07. The first-order valence-corrected chi connectivity index (χ1v) is 11.6. The van der Waals surface area contributed by atoms with Crippen LogP contribution in [-0.4, -0.2) is 62.1 Å².